The summed E-state index contributed by atoms with van der Waals surface area (Å²) in [5, 5.41) is 4.65. The molecule has 0 atom stereocenters. The smallest absolute Gasteiger partial charge is 0.129 e. The molecule has 5 heteroatoms. The summed E-state index contributed by atoms with van der Waals surface area (Å²) in [4.78, 5) is 9.33. The van der Waals surface area contributed by atoms with Crippen molar-refractivity contribution in [2.45, 2.75) is 11.9 Å². The first-order chi connectivity index (χ1) is 6.33. The van der Waals surface area contributed by atoms with E-state index in [0.29, 0.717) is 0 Å². The summed E-state index contributed by atoms with van der Waals surface area (Å²) in [7, 11) is 0. The van der Waals surface area contributed by atoms with Crippen molar-refractivity contribution in [3.63, 3.8) is 0 Å². The Morgan fingerprint density at radius 2 is 2.38 bits per heavy atom. The maximum Gasteiger partial charge on any atom is 0.129 e. The first-order valence-corrected chi connectivity index (χ1v) is 6.07. The number of thiophene rings is 1. The van der Waals surface area contributed by atoms with Crippen LogP contribution in [0.2, 0.25) is 5.02 Å². The fraction of sp³-hybridized carbons (Fsp3) is 0.250. The van der Waals surface area contributed by atoms with Crippen molar-refractivity contribution in [2.75, 3.05) is 5.75 Å². The average molecular weight is 231 g/mol. The average Bonchev–Trinajstić information content (AvgIpc) is 2.50. The highest BCUT2D eigenvalue weighted by Gasteiger charge is 2.08. The molecule has 0 fully saturated rings. The summed E-state index contributed by atoms with van der Waals surface area (Å²) in [6, 6.07) is 0. The van der Waals surface area contributed by atoms with Crippen LogP contribution in [-0.2, 0) is 0 Å². The predicted molar refractivity (Wildman–Crippen MR) is 58.8 cm³/mol. The third-order valence-corrected chi connectivity index (χ3v) is 3.76. The number of halogens is 1. The standard InChI is InChI=1S/C8H7ClN2S2/c1-2-12-7-6-5(9)3-13-8(6)11-4-10-7/h3-4H,2H2,1H3. The van der Waals surface area contributed by atoms with Crippen LogP contribution >= 0.6 is 34.7 Å². The number of hydrogen-bond donors (Lipinski definition) is 0. The Bertz CT molecular complexity index is 427. The van der Waals surface area contributed by atoms with Gasteiger partial charge in [-0.15, -0.1) is 23.1 Å². The van der Waals surface area contributed by atoms with Gasteiger partial charge in [-0.3, -0.25) is 0 Å². The van der Waals surface area contributed by atoms with Gasteiger partial charge in [-0.05, 0) is 5.75 Å². The summed E-state index contributed by atoms with van der Waals surface area (Å²) in [6.45, 7) is 2.10. The fourth-order valence-corrected chi connectivity index (χ4v) is 3.06. The van der Waals surface area contributed by atoms with Gasteiger partial charge >= 0.3 is 0 Å². The molecule has 0 aliphatic rings. The molecular formula is C8H7ClN2S2. The highest BCUT2D eigenvalue weighted by Crippen LogP contribution is 2.34. The lowest BCUT2D eigenvalue weighted by Gasteiger charge is -1.98. The van der Waals surface area contributed by atoms with Gasteiger partial charge in [0.2, 0.25) is 0 Å². The lowest BCUT2D eigenvalue weighted by atomic mass is 10.4. The first-order valence-electron chi connectivity index (χ1n) is 3.83. The van der Waals surface area contributed by atoms with E-state index in [-0.39, 0.29) is 0 Å². The van der Waals surface area contributed by atoms with Gasteiger partial charge in [-0.25, -0.2) is 9.97 Å². The molecule has 0 saturated carbocycles. The van der Waals surface area contributed by atoms with Crippen molar-refractivity contribution in [2.24, 2.45) is 0 Å². The SMILES string of the molecule is CCSc1ncnc2scc(Cl)c12. The van der Waals surface area contributed by atoms with E-state index in [1.54, 1.807) is 29.4 Å². The van der Waals surface area contributed by atoms with Crippen LogP contribution in [0.4, 0.5) is 0 Å². The Labute approximate surface area is 89.3 Å². The van der Waals surface area contributed by atoms with Crippen molar-refractivity contribution in [3.05, 3.63) is 16.7 Å². The van der Waals surface area contributed by atoms with E-state index in [0.717, 1.165) is 26.0 Å². The van der Waals surface area contributed by atoms with E-state index in [1.807, 2.05) is 5.38 Å². The minimum Gasteiger partial charge on any atom is -0.229 e. The zero-order chi connectivity index (χ0) is 9.26. The molecular weight excluding hydrogens is 224 g/mol. The van der Waals surface area contributed by atoms with Gasteiger partial charge in [0.25, 0.3) is 0 Å². The number of hydrogen-bond acceptors (Lipinski definition) is 4. The van der Waals surface area contributed by atoms with E-state index in [2.05, 4.69) is 16.9 Å². The third-order valence-electron chi connectivity index (χ3n) is 1.57. The summed E-state index contributed by atoms with van der Waals surface area (Å²) in [5.41, 5.74) is 0. The Morgan fingerprint density at radius 3 is 3.15 bits per heavy atom. The second-order valence-electron chi connectivity index (χ2n) is 2.38. The summed E-state index contributed by atoms with van der Waals surface area (Å²) < 4.78 is 0. The Kier molecular flexibility index (Phi) is 2.71. The molecule has 2 aromatic heterocycles. The molecule has 2 heterocycles. The van der Waals surface area contributed by atoms with Crippen molar-refractivity contribution in [1.29, 1.82) is 0 Å². The maximum absolute atomic E-state index is 6.03. The highest BCUT2D eigenvalue weighted by atomic mass is 35.5. The molecule has 0 aromatic carbocycles. The van der Waals surface area contributed by atoms with Crippen LogP contribution in [-0.4, -0.2) is 15.7 Å². The van der Waals surface area contributed by atoms with Crippen LogP contribution in [0.1, 0.15) is 6.92 Å². The van der Waals surface area contributed by atoms with E-state index in [1.165, 1.54) is 0 Å². The molecule has 0 aliphatic heterocycles. The van der Waals surface area contributed by atoms with E-state index >= 15 is 0 Å². The van der Waals surface area contributed by atoms with Gasteiger partial charge in [-0.1, -0.05) is 18.5 Å². The minimum atomic E-state index is 0.761. The van der Waals surface area contributed by atoms with Crippen molar-refractivity contribution in [1.82, 2.24) is 9.97 Å². The quantitative estimate of drug-likeness (QED) is 0.584. The van der Waals surface area contributed by atoms with Crippen LogP contribution in [0.5, 0.6) is 0 Å². The molecule has 0 radical (unpaired) electrons. The normalized spacial score (nSPS) is 10.9. The third kappa shape index (κ3) is 1.66. The molecule has 2 rings (SSSR count). The molecule has 13 heavy (non-hydrogen) atoms. The van der Waals surface area contributed by atoms with Crippen LogP contribution in [0.15, 0.2) is 16.7 Å². The maximum atomic E-state index is 6.03. The van der Waals surface area contributed by atoms with Gasteiger partial charge in [0.15, 0.2) is 0 Å². The van der Waals surface area contributed by atoms with E-state index in [9.17, 15) is 0 Å². The van der Waals surface area contributed by atoms with Gasteiger partial charge in [0.1, 0.15) is 16.2 Å². The number of nitrogens with zero attached hydrogens (tertiary/aromatic N) is 2. The van der Waals surface area contributed by atoms with E-state index in [4.69, 9.17) is 11.6 Å². The van der Waals surface area contributed by atoms with Crippen molar-refractivity contribution in [3.8, 4) is 0 Å². The summed E-state index contributed by atoms with van der Waals surface area (Å²) in [5.74, 6) is 0.998. The van der Waals surface area contributed by atoms with Gasteiger partial charge in [-0.2, -0.15) is 0 Å². The van der Waals surface area contributed by atoms with Crippen molar-refractivity contribution >= 4 is 44.9 Å². The number of fused-ring (bicyclic) bond motifs is 1. The lowest BCUT2D eigenvalue weighted by molar-refractivity contribution is 1.11. The molecule has 0 bridgehead atoms. The minimum absolute atomic E-state index is 0.761. The fourth-order valence-electron chi connectivity index (χ4n) is 1.06. The van der Waals surface area contributed by atoms with Crippen LogP contribution in [0.3, 0.4) is 0 Å². The molecule has 0 saturated heterocycles. The number of thioether (sulfide) groups is 1. The monoisotopic (exact) mass is 230 g/mol. The van der Waals surface area contributed by atoms with Gasteiger partial charge in [0.05, 0.1) is 10.4 Å². The van der Waals surface area contributed by atoms with Gasteiger partial charge < -0.3 is 0 Å². The zero-order valence-electron chi connectivity index (χ0n) is 6.95. The first kappa shape index (κ1) is 9.24. The topological polar surface area (TPSA) is 25.8 Å². The Balaban J connectivity index is 2.65. The molecule has 2 nitrogen and oxygen atoms in total. The van der Waals surface area contributed by atoms with Crippen LogP contribution < -0.4 is 0 Å². The molecule has 2 aromatic rings. The Hall–Kier alpha value is -0.320. The molecule has 0 amide bonds. The molecule has 0 unspecified atom stereocenters. The zero-order valence-corrected chi connectivity index (χ0v) is 9.34. The Morgan fingerprint density at radius 1 is 1.54 bits per heavy atom. The largest absolute Gasteiger partial charge is 0.229 e. The van der Waals surface area contributed by atoms with Crippen LogP contribution in [0, 0.1) is 0 Å². The molecule has 0 N–H and O–H groups in total. The van der Waals surface area contributed by atoms with Crippen molar-refractivity contribution < 1.29 is 0 Å². The van der Waals surface area contributed by atoms with Gasteiger partial charge in [0, 0.05) is 5.38 Å². The molecule has 0 aliphatic carbocycles. The number of rotatable bonds is 2. The predicted octanol–water partition coefficient (Wildman–Crippen LogP) is 3.46. The van der Waals surface area contributed by atoms with Crippen LogP contribution in [0.25, 0.3) is 10.2 Å². The van der Waals surface area contributed by atoms with E-state index < -0.39 is 0 Å². The highest BCUT2D eigenvalue weighted by molar-refractivity contribution is 7.99. The number of aromatic nitrogens is 2. The second kappa shape index (κ2) is 3.82. The summed E-state index contributed by atoms with van der Waals surface area (Å²) in [6.07, 6.45) is 1.59. The lowest BCUT2D eigenvalue weighted by Crippen LogP contribution is -1.83. The molecule has 68 valence electrons. The summed E-state index contributed by atoms with van der Waals surface area (Å²) >= 11 is 9.28. The second-order valence-corrected chi connectivity index (χ2v) is 4.89. The molecule has 0 spiro atoms.